The largest absolute Gasteiger partial charge is 0.494 e. The van der Waals surface area contributed by atoms with Crippen LogP contribution in [0.4, 0.5) is 0 Å². The highest BCUT2D eigenvalue weighted by Gasteiger charge is 2.34. The Labute approximate surface area is 197 Å². The summed E-state index contributed by atoms with van der Waals surface area (Å²) in [5.41, 5.74) is 11.7. The van der Waals surface area contributed by atoms with Crippen molar-refractivity contribution in [2.24, 2.45) is 5.73 Å². The molecule has 7 heteroatoms. The Hall–Kier alpha value is -4.10. The van der Waals surface area contributed by atoms with Gasteiger partial charge in [0.25, 0.3) is 0 Å². The minimum Gasteiger partial charge on any atom is -0.494 e. The highest BCUT2D eigenvalue weighted by molar-refractivity contribution is 5.82. The summed E-state index contributed by atoms with van der Waals surface area (Å²) in [6, 6.07) is 20.3. The molecule has 0 bridgehead atoms. The SMILES string of the molecule is COc1cnccc1-c1nc2cnc(-c3ccccc3)nc2n1-c1ccc(C2(N)CCC2)cc1. The zero-order valence-corrected chi connectivity index (χ0v) is 18.8. The lowest BCUT2D eigenvalue weighted by Gasteiger charge is -2.38. The molecule has 3 aromatic heterocycles. The molecule has 0 spiro atoms. The van der Waals surface area contributed by atoms with E-state index in [0.29, 0.717) is 22.9 Å². The second-order valence-electron chi connectivity index (χ2n) is 8.67. The van der Waals surface area contributed by atoms with Crippen LogP contribution in [0, 0.1) is 0 Å². The van der Waals surface area contributed by atoms with Gasteiger partial charge >= 0.3 is 0 Å². The van der Waals surface area contributed by atoms with Crippen LogP contribution in [0.2, 0.25) is 0 Å². The zero-order chi connectivity index (χ0) is 23.1. The summed E-state index contributed by atoms with van der Waals surface area (Å²) in [7, 11) is 1.63. The zero-order valence-electron chi connectivity index (χ0n) is 18.8. The van der Waals surface area contributed by atoms with Gasteiger partial charge in [0.2, 0.25) is 0 Å². The standard InChI is InChI=1S/C27H24N6O/c1-34-23-17-29-15-12-21(23)25-31-22-16-30-24(18-6-3-2-4-7-18)32-26(22)33(25)20-10-8-19(9-11-20)27(28)13-5-14-27/h2-4,6-12,15-17H,5,13-14,28H2,1H3. The average molecular weight is 449 g/mol. The van der Waals surface area contributed by atoms with Crippen LogP contribution in [0.15, 0.2) is 79.3 Å². The number of hydrogen-bond donors (Lipinski definition) is 1. The molecule has 6 rings (SSSR count). The number of nitrogens with two attached hydrogens (primary N) is 1. The van der Waals surface area contributed by atoms with Crippen molar-refractivity contribution in [3.63, 3.8) is 0 Å². The van der Waals surface area contributed by atoms with E-state index < -0.39 is 0 Å². The molecule has 1 saturated carbocycles. The number of nitrogens with zero attached hydrogens (tertiary/aromatic N) is 5. The van der Waals surface area contributed by atoms with Gasteiger partial charge in [-0.25, -0.2) is 15.0 Å². The van der Waals surface area contributed by atoms with Crippen molar-refractivity contribution in [2.75, 3.05) is 7.11 Å². The van der Waals surface area contributed by atoms with E-state index in [9.17, 15) is 0 Å². The molecule has 0 radical (unpaired) electrons. The van der Waals surface area contributed by atoms with Gasteiger partial charge in [-0.15, -0.1) is 0 Å². The van der Waals surface area contributed by atoms with Gasteiger partial charge in [0, 0.05) is 23.0 Å². The van der Waals surface area contributed by atoms with Gasteiger partial charge in [-0.1, -0.05) is 42.5 Å². The van der Waals surface area contributed by atoms with Crippen molar-refractivity contribution in [1.82, 2.24) is 24.5 Å². The average Bonchev–Trinajstić information content (AvgIpc) is 3.26. The number of hydrogen-bond acceptors (Lipinski definition) is 6. The van der Waals surface area contributed by atoms with Crippen molar-refractivity contribution in [2.45, 2.75) is 24.8 Å². The van der Waals surface area contributed by atoms with Crippen molar-refractivity contribution < 1.29 is 4.74 Å². The predicted octanol–water partition coefficient (Wildman–Crippen LogP) is 4.89. The van der Waals surface area contributed by atoms with Crippen LogP contribution in [0.5, 0.6) is 5.75 Å². The Morgan fingerprint density at radius 1 is 0.941 bits per heavy atom. The third kappa shape index (κ3) is 3.33. The molecule has 3 heterocycles. The monoisotopic (exact) mass is 448 g/mol. The second kappa shape index (κ2) is 8.04. The first-order chi connectivity index (χ1) is 16.7. The third-order valence-electron chi connectivity index (χ3n) is 6.62. The molecule has 0 atom stereocenters. The smallest absolute Gasteiger partial charge is 0.169 e. The summed E-state index contributed by atoms with van der Waals surface area (Å²) < 4.78 is 7.65. The fraction of sp³-hybridized carbons (Fsp3) is 0.185. The fourth-order valence-corrected chi connectivity index (χ4v) is 4.54. The normalized spacial score (nSPS) is 14.6. The molecular formula is C27H24N6O. The molecule has 0 amide bonds. The molecule has 7 nitrogen and oxygen atoms in total. The molecule has 1 aliphatic carbocycles. The van der Waals surface area contributed by atoms with Crippen molar-refractivity contribution in [3.05, 3.63) is 84.8 Å². The highest BCUT2D eigenvalue weighted by Crippen LogP contribution is 2.39. The molecule has 1 aliphatic rings. The number of pyridine rings is 1. The highest BCUT2D eigenvalue weighted by atomic mass is 16.5. The molecule has 2 N–H and O–H groups in total. The van der Waals surface area contributed by atoms with E-state index in [4.69, 9.17) is 20.4 Å². The number of imidazole rings is 1. The first kappa shape index (κ1) is 20.5. The predicted molar refractivity (Wildman–Crippen MR) is 132 cm³/mol. The topological polar surface area (TPSA) is 91.7 Å². The number of benzene rings is 2. The Balaban J connectivity index is 1.57. The van der Waals surface area contributed by atoms with Gasteiger partial charge in [0.1, 0.15) is 11.3 Å². The van der Waals surface area contributed by atoms with E-state index in [2.05, 4.69) is 38.8 Å². The number of rotatable bonds is 5. The van der Waals surface area contributed by atoms with E-state index in [1.165, 1.54) is 6.42 Å². The number of aromatic nitrogens is 5. The van der Waals surface area contributed by atoms with E-state index in [0.717, 1.165) is 40.9 Å². The van der Waals surface area contributed by atoms with Crippen LogP contribution in [-0.2, 0) is 5.54 Å². The molecule has 0 unspecified atom stereocenters. The lowest BCUT2D eigenvalue weighted by molar-refractivity contribution is 0.253. The van der Waals surface area contributed by atoms with E-state index in [1.54, 1.807) is 25.7 Å². The molecule has 2 aromatic carbocycles. The van der Waals surface area contributed by atoms with Crippen molar-refractivity contribution >= 4 is 11.2 Å². The van der Waals surface area contributed by atoms with Gasteiger partial charge in [-0.05, 0) is 43.0 Å². The van der Waals surface area contributed by atoms with Crippen LogP contribution in [-0.4, -0.2) is 31.6 Å². The molecular weight excluding hydrogens is 424 g/mol. The summed E-state index contributed by atoms with van der Waals surface area (Å²) in [4.78, 5) is 18.6. The molecule has 34 heavy (non-hydrogen) atoms. The maximum absolute atomic E-state index is 6.56. The second-order valence-corrected chi connectivity index (χ2v) is 8.67. The molecule has 1 fully saturated rings. The number of methoxy groups -OCH3 is 1. The number of fused-ring (bicyclic) bond motifs is 1. The summed E-state index contributed by atoms with van der Waals surface area (Å²) in [5.74, 6) is 2.00. The lowest BCUT2D eigenvalue weighted by atomic mass is 9.73. The summed E-state index contributed by atoms with van der Waals surface area (Å²) in [6.45, 7) is 0. The van der Waals surface area contributed by atoms with Gasteiger partial charge in [0.05, 0.1) is 25.1 Å². The van der Waals surface area contributed by atoms with E-state index in [-0.39, 0.29) is 5.54 Å². The summed E-state index contributed by atoms with van der Waals surface area (Å²) >= 11 is 0. The Bertz CT molecular complexity index is 1470. The molecule has 0 saturated heterocycles. The summed E-state index contributed by atoms with van der Waals surface area (Å²) in [6.07, 6.45) is 8.42. The van der Waals surface area contributed by atoms with Gasteiger partial charge < -0.3 is 10.5 Å². The van der Waals surface area contributed by atoms with E-state index >= 15 is 0 Å². The van der Waals surface area contributed by atoms with Crippen LogP contribution in [0.3, 0.4) is 0 Å². The van der Waals surface area contributed by atoms with Gasteiger partial charge in [-0.3, -0.25) is 9.55 Å². The van der Waals surface area contributed by atoms with Crippen LogP contribution < -0.4 is 10.5 Å². The molecule has 0 aliphatic heterocycles. The van der Waals surface area contributed by atoms with Crippen LogP contribution in [0.25, 0.3) is 39.6 Å². The maximum Gasteiger partial charge on any atom is 0.169 e. The van der Waals surface area contributed by atoms with Crippen molar-refractivity contribution in [3.8, 4) is 34.2 Å². The van der Waals surface area contributed by atoms with E-state index in [1.807, 2.05) is 36.4 Å². The lowest BCUT2D eigenvalue weighted by Crippen LogP contribution is -2.43. The van der Waals surface area contributed by atoms with Crippen LogP contribution >= 0.6 is 0 Å². The molecule has 168 valence electrons. The maximum atomic E-state index is 6.56. The van der Waals surface area contributed by atoms with Gasteiger partial charge in [0.15, 0.2) is 17.3 Å². The first-order valence-corrected chi connectivity index (χ1v) is 11.4. The molecule has 5 aromatic rings. The van der Waals surface area contributed by atoms with Gasteiger partial charge in [-0.2, -0.15) is 0 Å². The minimum atomic E-state index is -0.213. The first-order valence-electron chi connectivity index (χ1n) is 11.4. The fourth-order valence-electron chi connectivity index (χ4n) is 4.54. The Morgan fingerprint density at radius 2 is 1.74 bits per heavy atom. The summed E-state index contributed by atoms with van der Waals surface area (Å²) in [5, 5.41) is 0. The Kier molecular flexibility index (Phi) is 4.85. The quantitative estimate of drug-likeness (QED) is 0.412. The van der Waals surface area contributed by atoms with Crippen LogP contribution in [0.1, 0.15) is 24.8 Å². The number of ether oxygens (including phenoxy) is 1. The minimum absolute atomic E-state index is 0.213. The Morgan fingerprint density at radius 3 is 2.44 bits per heavy atom. The third-order valence-corrected chi connectivity index (χ3v) is 6.62. The van der Waals surface area contributed by atoms with Crippen molar-refractivity contribution in [1.29, 1.82) is 0 Å².